The number of para-hydroxylation sites is 1. The molecule has 4 rings (SSSR count). The van der Waals surface area contributed by atoms with E-state index < -0.39 is 0 Å². The van der Waals surface area contributed by atoms with Crippen molar-refractivity contribution in [2.45, 2.75) is 13.3 Å². The van der Waals surface area contributed by atoms with E-state index in [4.69, 9.17) is 9.47 Å². The molecule has 6 nitrogen and oxygen atoms in total. The number of hydrogen-bond donors (Lipinski definition) is 0. The van der Waals surface area contributed by atoms with E-state index in [0.29, 0.717) is 61.1 Å². The van der Waals surface area contributed by atoms with E-state index in [0.717, 1.165) is 10.4 Å². The number of carbonyl (C=O) groups is 2. The maximum Gasteiger partial charge on any atom is 0.267 e. The molecule has 1 aromatic heterocycles. The monoisotopic (exact) mass is 464 g/mol. The molecule has 0 radical (unpaired) electrons. The van der Waals surface area contributed by atoms with E-state index in [1.165, 1.54) is 11.3 Å². The Balaban J connectivity index is 1.51. The Hall–Kier alpha value is -3.32. The summed E-state index contributed by atoms with van der Waals surface area (Å²) in [5.41, 5.74) is 1.61. The van der Waals surface area contributed by atoms with Crippen LogP contribution in [0, 0.1) is 0 Å². The number of amides is 2. The molecule has 33 heavy (non-hydrogen) atoms. The first kappa shape index (κ1) is 22.9. The van der Waals surface area contributed by atoms with Gasteiger partial charge < -0.3 is 19.3 Å². The third-order valence-corrected chi connectivity index (χ3v) is 6.81. The third kappa shape index (κ3) is 5.03. The average Bonchev–Trinajstić information content (AvgIpc) is 3.12. The van der Waals surface area contributed by atoms with E-state index in [-0.39, 0.29) is 11.8 Å². The highest BCUT2D eigenvalue weighted by atomic mass is 32.1. The largest absolute Gasteiger partial charge is 0.496 e. The SMILES string of the molecule is CCOc1cc(-c2ccccc2)sc1C(=O)N1CCCN(C(=O)c2ccccc2OC)CC1. The van der Waals surface area contributed by atoms with E-state index in [1.807, 2.05) is 60.4 Å². The van der Waals surface area contributed by atoms with Crippen LogP contribution in [0.5, 0.6) is 11.5 Å². The Labute approximate surface area is 198 Å². The Kier molecular flexibility index (Phi) is 7.29. The van der Waals surface area contributed by atoms with Gasteiger partial charge in [0.2, 0.25) is 0 Å². The molecule has 0 atom stereocenters. The molecule has 1 saturated heterocycles. The van der Waals surface area contributed by atoms with Crippen molar-refractivity contribution < 1.29 is 19.1 Å². The topological polar surface area (TPSA) is 59.1 Å². The van der Waals surface area contributed by atoms with E-state index >= 15 is 0 Å². The van der Waals surface area contributed by atoms with Crippen molar-refractivity contribution in [1.82, 2.24) is 9.80 Å². The van der Waals surface area contributed by atoms with Crippen LogP contribution in [0.1, 0.15) is 33.4 Å². The van der Waals surface area contributed by atoms with Crippen molar-refractivity contribution in [1.29, 1.82) is 0 Å². The maximum absolute atomic E-state index is 13.5. The van der Waals surface area contributed by atoms with Crippen molar-refractivity contribution in [3.8, 4) is 21.9 Å². The summed E-state index contributed by atoms with van der Waals surface area (Å²) in [5, 5.41) is 0. The second kappa shape index (κ2) is 10.5. The van der Waals surface area contributed by atoms with Crippen molar-refractivity contribution in [3.63, 3.8) is 0 Å². The summed E-state index contributed by atoms with van der Waals surface area (Å²) in [5.74, 6) is 1.07. The zero-order chi connectivity index (χ0) is 23.2. The van der Waals surface area contributed by atoms with Crippen LogP contribution in [0.3, 0.4) is 0 Å². The lowest BCUT2D eigenvalue weighted by Crippen LogP contribution is -2.37. The first-order valence-corrected chi connectivity index (χ1v) is 12.0. The first-order chi connectivity index (χ1) is 16.1. The lowest BCUT2D eigenvalue weighted by molar-refractivity contribution is 0.0717. The van der Waals surface area contributed by atoms with Crippen LogP contribution in [0.15, 0.2) is 60.7 Å². The summed E-state index contributed by atoms with van der Waals surface area (Å²) < 4.78 is 11.2. The fourth-order valence-electron chi connectivity index (χ4n) is 3.99. The number of nitrogens with zero attached hydrogens (tertiary/aromatic N) is 2. The second-order valence-corrected chi connectivity index (χ2v) is 8.79. The van der Waals surface area contributed by atoms with E-state index in [9.17, 15) is 9.59 Å². The van der Waals surface area contributed by atoms with Gasteiger partial charge in [0, 0.05) is 31.1 Å². The number of rotatable bonds is 6. The van der Waals surface area contributed by atoms with Gasteiger partial charge in [-0.1, -0.05) is 42.5 Å². The predicted octanol–water partition coefficient (Wildman–Crippen LogP) is 4.81. The van der Waals surface area contributed by atoms with E-state index in [2.05, 4.69) is 0 Å². The van der Waals surface area contributed by atoms with Gasteiger partial charge in [-0.25, -0.2) is 0 Å². The molecule has 2 amide bonds. The molecule has 0 saturated carbocycles. The van der Waals surface area contributed by atoms with Gasteiger partial charge in [-0.05, 0) is 37.1 Å². The molecule has 2 heterocycles. The van der Waals surface area contributed by atoms with Gasteiger partial charge in [0.25, 0.3) is 11.8 Å². The molecular weight excluding hydrogens is 436 g/mol. The van der Waals surface area contributed by atoms with Crippen LogP contribution in [-0.4, -0.2) is 61.5 Å². The van der Waals surface area contributed by atoms with Crippen molar-refractivity contribution in [3.05, 3.63) is 71.1 Å². The molecule has 3 aromatic rings. The van der Waals surface area contributed by atoms with Crippen LogP contribution < -0.4 is 9.47 Å². The van der Waals surface area contributed by atoms with Crippen LogP contribution in [-0.2, 0) is 0 Å². The van der Waals surface area contributed by atoms with Gasteiger partial charge >= 0.3 is 0 Å². The van der Waals surface area contributed by atoms with E-state index in [1.54, 1.807) is 24.1 Å². The molecule has 0 unspecified atom stereocenters. The Bertz CT molecular complexity index is 1110. The molecular formula is C26H28N2O4S. The minimum atomic E-state index is -0.0701. The van der Waals surface area contributed by atoms with Gasteiger partial charge in [-0.2, -0.15) is 0 Å². The highest BCUT2D eigenvalue weighted by Crippen LogP contribution is 2.37. The lowest BCUT2D eigenvalue weighted by Gasteiger charge is -2.23. The summed E-state index contributed by atoms with van der Waals surface area (Å²) in [6.45, 7) is 4.55. The Morgan fingerprint density at radius 2 is 1.55 bits per heavy atom. The molecule has 172 valence electrons. The van der Waals surface area contributed by atoms with Gasteiger partial charge in [-0.15, -0.1) is 11.3 Å². The smallest absolute Gasteiger partial charge is 0.267 e. The minimum absolute atomic E-state index is 0.0442. The summed E-state index contributed by atoms with van der Waals surface area (Å²) in [4.78, 5) is 31.8. The van der Waals surface area contributed by atoms with Crippen LogP contribution in [0.4, 0.5) is 0 Å². The van der Waals surface area contributed by atoms with Crippen LogP contribution in [0.25, 0.3) is 10.4 Å². The van der Waals surface area contributed by atoms with Gasteiger partial charge in [-0.3, -0.25) is 9.59 Å². The quantitative estimate of drug-likeness (QED) is 0.525. The highest BCUT2D eigenvalue weighted by molar-refractivity contribution is 7.17. The molecule has 1 fully saturated rings. The zero-order valence-corrected chi connectivity index (χ0v) is 19.8. The predicted molar refractivity (Wildman–Crippen MR) is 130 cm³/mol. The summed E-state index contributed by atoms with van der Waals surface area (Å²) in [7, 11) is 1.57. The first-order valence-electron chi connectivity index (χ1n) is 11.2. The summed E-state index contributed by atoms with van der Waals surface area (Å²) in [6.07, 6.45) is 0.716. The molecule has 2 aromatic carbocycles. The fraction of sp³-hybridized carbons (Fsp3) is 0.308. The average molecular weight is 465 g/mol. The number of methoxy groups -OCH3 is 1. The number of hydrogen-bond acceptors (Lipinski definition) is 5. The van der Waals surface area contributed by atoms with Crippen molar-refractivity contribution >= 4 is 23.2 Å². The Morgan fingerprint density at radius 3 is 2.24 bits per heavy atom. The summed E-state index contributed by atoms with van der Waals surface area (Å²) in [6, 6.07) is 19.2. The van der Waals surface area contributed by atoms with Crippen molar-refractivity contribution in [2.24, 2.45) is 0 Å². The number of benzene rings is 2. The highest BCUT2D eigenvalue weighted by Gasteiger charge is 2.28. The second-order valence-electron chi connectivity index (χ2n) is 7.74. The molecule has 7 heteroatoms. The zero-order valence-electron chi connectivity index (χ0n) is 19.0. The molecule has 1 aliphatic rings. The lowest BCUT2D eigenvalue weighted by atomic mass is 10.1. The van der Waals surface area contributed by atoms with Crippen molar-refractivity contribution in [2.75, 3.05) is 39.9 Å². The normalized spacial score (nSPS) is 14.0. The van der Waals surface area contributed by atoms with Gasteiger partial charge in [0.05, 0.1) is 19.3 Å². The van der Waals surface area contributed by atoms with Gasteiger partial charge in [0.15, 0.2) is 0 Å². The third-order valence-electron chi connectivity index (χ3n) is 5.66. The molecule has 0 bridgehead atoms. The number of thiophene rings is 1. The molecule has 0 spiro atoms. The van der Waals surface area contributed by atoms with Crippen LogP contribution >= 0.6 is 11.3 Å². The Morgan fingerprint density at radius 1 is 0.879 bits per heavy atom. The molecule has 0 N–H and O–H groups in total. The fourth-order valence-corrected chi connectivity index (χ4v) is 5.06. The number of ether oxygens (including phenoxy) is 2. The summed E-state index contributed by atoms with van der Waals surface area (Å²) >= 11 is 1.46. The van der Waals surface area contributed by atoms with Gasteiger partial charge in [0.1, 0.15) is 16.4 Å². The standard InChI is InChI=1S/C26H28N2O4S/c1-3-32-22-18-23(19-10-5-4-6-11-19)33-24(22)26(30)28-15-9-14-27(16-17-28)25(29)20-12-7-8-13-21(20)31-2/h4-8,10-13,18H,3,9,14-17H2,1-2H3. The maximum atomic E-state index is 13.5. The molecule has 0 aliphatic carbocycles. The number of carbonyl (C=O) groups excluding carboxylic acids is 2. The van der Waals surface area contributed by atoms with Crippen LogP contribution in [0.2, 0.25) is 0 Å². The molecule has 1 aliphatic heterocycles. The minimum Gasteiger partial charge on any atom is -0.496 e.